The van der Waals surface area contributed by atoms with Crippen LogP contribution in [-0.2, 0) is 19.1 Å². The number of rotatable bonds is 6. The van der Waals surface area contributed by atoms with Gasteiger partial charge in [-0.05, 0) is 6.42 Å². The second kappa shape index (κ2) is 6.97. The third-order valence-corrected chi connectivity index (χ3v) is 2.08. The highest BCUT2D eigenvalue weighted by Crippen LogP contribution is 2.22. The minimum Gasteiger partial charge on any atom is -0.419 e. The van der Waals surface area contributed by atoms with Gasteiger partial charge >= 0.3 is 11.9 Å². The van der Waals surface area contributed by atoms with Gasteiger partial charge in [0.15, 0.2) is 0 Å². The maximum absolute atomic E-state index is 11.5. The number of hydrogen-bond donors (Lipinski definition) is 0. The lowest BCUT2D eigenvalue weighted by Crippen LogP contribution is -2.37. The summed E-state index contributed by atoms with van der Waals surface area (Å²) in [6.07, 6.45) is 0.761. The maximum atomic E-state index is 11.5. The molecule has 0 heterocycles. The molecule has 0 saturated carbocycles. The molecule has 0 aliphatic carbocycles. The smallest absolute Gasteiger partial charge is 0.351 e. The summed E-state index contributed by atoms with van der Waals surface area (Å²) in [5.41, 5.74) is -0.810. The summed E-state index contributed by atoms with van der Waals surface area (Å²) >= 11 is 0. The zero-order chi connectivity index (χ0) is 15.1. The molecule has 6 heteroatoms. The predicted octanol–water partition coefficient (Wildman–Crippen LogP) is 1.75. The first-order valence-corrected chi connectivity index (χ1v) is 5.44. The molecule has 0 aliphatic rings. The Bertz CT molecular complexity index is 454. The Labute approximate surface area is 111 Å². The van der Waals surface area contributed by atoms with Crippen molar-refractivity contribution in [3.05, 3.63) is 24.3 Å². The average Bonchev–Trinajstić information content (AvgIpc) is 2.36. The van der Waals surface area contributed by atoms with Gasteiger partial charge in [-0.25, -0.2) is 9.59 Å². The van der Waals surface area contributed by atoms with E-state index in [1.54, 1.807) is 6.92 Å². The van der Waals surface area contributed by atoms with E-state index in [4.69, 9.17) is 20.0 Å². The van der Waals surface area contributed by atoms with Crippen LogP contribution in [-0.4, -0.2) is 17.7 Å². The van der Waals surface area contributed by atoms with Crippen molar-refractivity contribution in [2.24, 2.45) is 0 Å². The Hall–Kier alpha value is -2.60. The van der Waals surface area contributed by atoms with Gasteiger partial charge in [0, 0.05) is 13.3 Å². The molecule has 6 nitrogen and oxygen atoms in total. The van der Waals surface area contributed by atoms with E-state index in [1.807, 2.05) is 0 Å². The van der Waals surface area contributed by atoms with Crippen LogP contribution in [0.2, 0.25) is 0 Å². The first-order valence-electron chi connectivity index (χ1n) is 5.44. The topological polar surface area (TPSA) is 100 Å². The van der Waals surface area contributed by atoms with E-state index in [-0.39, 0.29) is 6.42 Å². The number of hydrogen-bond acceptors (Lipinski definition) is 6. The molecule has 100 valence electrons. The van der Waals surface area contributed by atoms with Gasteiger partial charge in [-0.3, -0.25) is 0 Å². The molecule has 0 aliphatic heterocycles. The molecule has 19 heavy (non-hydrogen) atoms. The fraction of sp³-hybridized carbons (Fsp3) is 0.385. The summed E-state index contributed by atoms with van der Waals surface area (Å²) in [4.78, 5) is 22.9. The van der Waals surface area contributed by atoms with E-state index < -0.39 is 28.9 Å². The van der Waals surface area contributed by atoms with Gasteiger partial charge in [0.25, 0.3) is 5.79 Å². The lowest BCUT2D eigenvalue weighted by atomic mass is 10.1. The van der Waals surface area contributed by atoms with Crippen LogP contribution in [0.5, 0.6) is 0 Å². The summed E-state index contributed by atoms with van der Waals surface area (Å²) in [6, 6.07) is 3.07. The fourth-order valence-corrected chi connectivity index (χ4v) is 1.18. The molecule has 0 spiro atoms. The lowest BCUT2D eigenvalue weighted by Gasteiger charge is -2.28. The van der Waals surface area contributed by atoms with Crippen LogP contribution < -0.4 is 0 Å². The van der Waals surface area contributed by atoms with Crippen LogP contribution in [0, 0.1) is 22.7 Å². The third-order valence-electron chi connectivity index (χ3n) is 2.08. The van der Waals surface area contributed by atoms with E-state index in [9.17, 15) is 9.59 Å². The zero-order valence-electron chi connectivity index (χ0n) is 10.9. The molecule has 0 fully saturated rings. The maximum Gasteiger partial charge on any atom is 0.351 e. The van der Waals surface area contributed by atoms with Crippen LogP contribution in [0.15, 0.2) is 24.3 Å². The number of carbonyl (C=O) groups excluding carboxylic acids is 2. The van der Waals surface area contributed by atoms with Crippen molar-refractivity contribution in [3.63, 3.8) is 0 Å². The highest BCUT2D eigenvalue weighted by Gasteiger charge is 2.33. The first-order chi connectivity index (χ1) is 8.79. The monoisotopic (exact) mass is 262 g/mol. The summed E-state index contributed by atoms with van der Waals surface area (Å²) in [7, 11) is 0. The van der Waals surface area contributed by atoms with Crippen molar-refractivity contribution < 1.29 is 19.1 Å². The third kappa shape index (κ3) is 5.05. The average molecular weight is 262 g/mol. The van der Waals surface area contributed by atoms with Crippen LogP contribution in [0.3, 0.4) is 0 Å². The number of esters is 2. The highest BCUT2D eigenvalue weighted by molar-refractivity contribution is 5.93. The van der Waals surface area contributed by atoms with Crippen LogP contribution in [0.1, 0.15) is 26.7 Å². The highest BCUT2D eigenvalue weighted by atomic mass is 16.7. The Morgan fingerprint density at radius 2 is 1.47 bits per heavy atom. The SMILES string of the molecule is C=C(C#N)C(=O)OC(C)(CCC)OC(=O)C(=C)C#N. The molecular formula is C13H14N2O4. The minimum absolute atomic E-state index is 0.210. The molecule has 0 aromatic heterocycles. The van der Waals surface area contributed by atoms with Crippen molar-refractivity contribution in [2.45, 2.75) is 32.5 Å². The normalized spacial score (nSPS) is 9.68. The molecule has 0 N–H and O–H groups in total. The minimum atomic E-state index is -1.57. The molecule has 0 radical (unpaired) electrons. The van der Waals surface area contributed by atoms with E-state index in [2.05, 4.69) is 13.2 Å². The zero-order valence-corrected chi connectivity index (χ0v) is 10.9. The van der Waals surface area contributed by atoms with Crippen molar-refractivity contribution in [2.75, 3.05) is 0 Å². The van der Waals surface area contributed by atoms with E-state index >= 15 is 0 Å². The quantitative estimate of drug-likeness (QED) is 0.313. The lowest BCUT2D eigenvalue weighted by molar-refractivity contribution is -0.218. The van der Waals surface area contributed by atoms with Gasteiger partial charge in [0.1, 0.15) is 23.3 Å². The molecule has 0 rings (SSSR count). The number of nitriles is 2. The largest absolute Gasteiger partial charge is 0.419 e. The Balaban J connectivity index is 4.97. The molecule has 0 aromatic carbocycles. The molecule has 0 amide bonds. The second-order valence-electron chi connectivity index (χ2n) is 3.84. The van der Waals surface area contributed by atoms with Gasteiger partial charge < -0.3 is 9.47 Å². The predicted molar refractivity (Wildman–Crippen MR) is 65.0 cm³/mol. The van der Waals surface area contributed by atoms with Crippen molar-refractivity contribution in [3.8, 4) is 12.1 Å². The van der Waals surface area contributed by atoms with Crippen molar-refractivity contribution in [1.29, 1.82) is 10.5 Å². The Morgan fingerprint density at radius 3 is 1.74 bits per heavy atom. The molecule has 0 aromatic rings. The summed E-state index contributed by atoms with van der Waals surface area (Å²) in [5.74, 6) is -3.52. The summed E-state index contributed by atoms with van der Waals surface area (Å²) in [6.45, 7) is 9.56. The first kappa shape index (κ1) is 16.4. The van der Waals surface area contributed by atoms with Gasteiger partial charge in [0.2, 0.25) is 0 Å². The number of nitrogens with zero attached hydrogens (tertiary/aromatic N) is 2. The van der Waals surface area contributed by atoms with Gasteiger partial charge in [-0.1, -0.05) is 20.1 Å². The molecule has 0 unspecified atom stereocenters. The summed E-state index contributed by atoms with van der Waals surface area (Å²) < 4.78 is 9.88. The van der Waals surface area contributed by atoms with E-state index in [0.717, 1.165) is 0 Å². The van der Waals surface area contributed by atoms with E-state index in [1.165, 1.54) is 19.1 Å². The van der Waals surface area contributed by atoms with Crippen molar-refractivity contribution >= 4 is 11.9 Å². The number of carbonyl (C=O) groups is 2. The van der Waals surface area contributed by atoms with Crippen LogP contribution in [0.25, 0.3) is 0 Å². The standard InChI is InChI=1S/C13H14N2O4/c1-5-6-13(4,18-11(16)9(2)7-14)19-12(17)10(3)8-15/h2-3,5-6H2,1,4H3. The summed E-state index contributed by atoms with van der Waals surface area (Å²) in [5, 5.41) is 17.0. The van der Waals surface area contributed by atoms with Gasteiger partial charge in [0.05, 0.1) is 0 Å². The molecule has 0 bridgehead atoms. The number of ether oxygens (including phenoxy) is 2. The molecule has 0 atom stereocenters. The molecule has 0 saturated heterocycles. The van der Waals surface area contributed by atoms with Gasteiger partial charge in [-0.2, -0.15) is 10.5 Å². The van der Waals surface area contributed by atoms with Crippen molar-refractivity contribution in [1.82, 2.24) is 0 Å². The van der Waals surface area contributed by atoms with Crippen LogP contribution in [0.4, 0.5) is 0 Å². The molecular weight excluding hydrogens is 248 g/mol. The fourth-order valence-electron chi connectivity index (χ4n) is 1.18. The van der Waals surface area contributed by atoms with Crippen LogP contribution >= 0.6 is 0 Å². The van der Waals surface area contributed by atoms with E-state index in [0.29, 0.717) is 6.42 Å². The second-order valence-corrected chi connectivity index (χ2v) is 3.84. The van der Waals surface area contributed by atoms with Gasteiger partial charge in [-0.15, -0.1) is 0 Å². The Kier molecular flexibility index (Phi) is 6.02. The Morgan fingerprint density at radius 1 is 1.11 bits per heavy atom.